The smallest absolute Gasteiger partial charge is 0.245 e. The molecule has 8 heteroatoms. The lowest BCUT2D eigenvalue weighted by Crippen LogP contribution is -2.50. The number of carbonyl (C=O) groups excluding carboxylic acids is 2. The van der Waals surface area contributed by atoms with Gasteiger partial charge in [-0.15, -0.1) is 0 Å². The molecule has 0 bridgehead atoms. The topological polar surface area (TPSA) is 99.2 Å². The summed E-state index contributed by atoms with van der Waals surface area (Å²) in [4.78, 5) is 28.4. The molecule has 0 saturated carbocycles. The molecule has 0 fully saturated rings. The van der Waals surface area contributed by atoms with E-state index in [2.05, 4.69) is 11.4 Å². The number of amides is 1. The molecular formula is C23H16Cl2N4O2. The third-order valence-corrected chi connectivity index (χ3v) is 6.62. The summed E-state index contributed by atoms with van der Waals surface area (Å²) >= 11 is 12.5. The fraction of sp³-hybridized carbons (Fsp3) is 0.174. The third kappa shape index (κ3) is 2.51. The number of para-hydroxylation sites is 1. The summed E-state index contributed by atoms with van der Waals surface area (Å²) in [5.41, 5.74) is 7.50. The summed E-state index contributed by atoms with van der Waals surface area (Å²) in [5.74, 6) is -0.548. The number of halogens is 2. The normalized spacial score (nSPS) is 22.4. The van der Waals surface area contributed by atoms with Crippen LogP contribution in [0, 0.1) is 11.3 Å². The second-order valence-electron chi connectivity index (χ2n) is 7.65. The summed E-state index contributed by atoms with van der Waals surface area (Å²) in [6.45, 7) is 0. The van der Waals surface area contributed by atoms with Crippen LogP contribution in [0.2, 0.25) is 10.0 Å². The summed E-state index contributed by atoms with van der Waals surface area (Å²) in [6.07, 6.45) is 1.40. The zero-order valence-electron chi connectivity index (χ0n) is 16.2. The van der Waals surface area contributed by atoms with Gasteiger partial charge in [0.2, 0.25) is 5.91 Å². The van der Waals surface area contributed by atoms with E-state index in [9.17, 15) is 14.9 Å². The average Bonchev–Trinajstić information content (AvgIpc) is 3.02. The largest absolute Gasteiger partial charge is 0.384 e. The second-order valence-corrected chi connectivity index (χ2v) is 8.49. The number of Topliss-reactive ketones (excluding diaryl/α,β-unsaturated/α-hetero) is 1. The molecule has 3 N–H and O–H groups in total. The number of anilines is 2. The van der Waals surface area contributed by atoms with Gasteiger partial charge in [-0.25, -0.2) is 0 Å². The maximum atomic E-state index is 13.5. The molecular weight excluding hydrogens is 435 g/mol. The molecule has 154 valence electrons. The van der Waals surface area contributed by atoms with Crippen LogP contribution in [0.4, 0.5) is 11.4 Å². The first-order chi connectivity index (χ1) is 14.9. The molecule has 2 aliphatic heterocycles. The fourth-order valence-corrected chi connectivity index (χ4v) is 5.38. The second kappa shape index (κ2) is 6.88. The molecule has 0 unspecified atom stereocenters. The Bertz CT molecular complexity index is 1290. The van der Waals surface area contributed by atoms with Crippen LogP contribution < -0.4 is 16.0 Å². The number of rotatable bonds is 1. The van der Waals surface area contributed by atoms with Gasteiger partial charge in [-0.1, -0.05) is 41.4 Å². The maximum absolute atomic E-state index is 13.5. The van der Waals surface area contributed by atoms with Crippen molar-refractivity contribution in [1.29, 1.82) is 5.26 Å². The summed E-state index contributed by atoms with van der Waals surface area (Å²) in [7, 11) is 0. The molecule has 1 spiro atoms. The van der Waals surface area contributed by atoms with Crippen molar-refractivity contribution in [1.82, 2.24) is 0 Å². The molecule has 0 saturated heterocycles. The van der Waals surface area contributed by atoms with E-state index in [4.69, 9.17) is 28.9 Å². The van der Waals surface area contributed by atoms with E-state index in [1.807, 2.05) is 0 Å². The molecule has 1 amide bonds. The molecule has 0 radical (unpaired) electrons. The average molecular weight is 451 g/mol. The van der Waals surface area contributed by atoms with E-state index in [0.29, 0.717) is 45.5 Å². The molecule has 6 nitrogen and oxygen atoms in total. The summed E-state index contributed by atoms with van der Waals surface area (Å²) in [5, 5.41) is 13.8. The third-order valence-electron chi connectivity index (χ3n) is 6.08. The highest BCUT2D eigenvalue weighted by molar-refractivity contribution is 6.36. The molecule has 31 heavy (non-hydrogen) atoms. The Labute approximate surface area is 188 Å². The number of hydrogen-bond donors (Lipinski definition) is 2. The van der Waals surface area contributed by atoms with Gasteiger partial charge in [0.15, 0.2) is 5.78 Å². The van der Waals surface area contributed by atoms with Gasteiger partial charge in [0, 0.05) is 34.0 Å². The van der Waals surface area contributed by atoms with Crippen LogP contribution in [0.25, 0.3) is 0 Å². The van der Waals surface area contributed by atoms with Crippen LogP contribution in [-0.4, -0.2) is 11.7 Å². The summed E-state index contributed by atoms with van der Waals surface area (Å²) in [6, 6.07) is 14.1. The highest BCUT2D eigenvalue weighted by Gasteiger charge is 2.60. The quantitative estimate of drug-likeness (QED) is 0.670. The van der Waals surface area contributed by atoms with Gasteiger partial charge in [0.25, 0.3) is 0 Å². The Morgan fingerprint density at radius 2 is 1.90 bits per heavy atom. The number of nitriles is 1. The first-order valence-corrected chi connectivity index (χ1v) is 10.5. The number of nitrogens with zero attached hydrogens (tertiary/aromatic N) is 2. The number of hydrogen-bond acceptors (Lipinski definition) is 5. The molecule has 2 aromatic rings. The van der Waals surface area contributed by atoms with Gasteiger partial charge in [-0.2, -0.15) is 5.26 Å². The van der Waals surface area contributed by atoms with Crippen molar-refractivity contribution in [3.63, 3.8) is 0 Å². The number of benzene rings is 2. The molecule has 2 aromatic carbocycles. The predicted octanol–water partition coefficient (Wildman–Crippen LogP) is 4.40. The van der Waals surface area contributed by atoms with Gasteiger partial charge in [-0.05, 0) is 37.1 Å². The van der Waals surface area contributed by atoms with Crippen molar-refractivity contribution in [2.75, 3.05) is 10.2 Å². The van der Waals surface area contributed by atoms with Crippen molar-refractivity contribution in [2.24, 2.45) is 5.73 Å². The Kier molecular flexibility index (Phi) is 4.37. The number of nitrogens with one attached hydrogen (secondary N) is 1. The monoisotopic (exact) mass is 450 g/mol. The van der Waals surface area contributed by atoms with Gasteiger partial charge >= 0.3 is 0 Å². The van der Waals surface area contributed by atoms with Crippen LogP contribution in [0.5, 0.6) is 0 Å². The van der Waals surface area contributed by atoms with Crippen molar-refractivity contribution in [3.8, 4) is 6.07 Å². The molecule has 5 rings (SSSR count). The maximum Gasteiger partial charge on any atom is 0.245 e. The van der Waals surface area contributed by atoms with Crippen LogP contribution in [0.1, 0.15) is 24.8 Å². The predicted molar refractivity (Wildman–Crippen MR) is 118 cm³/mol. The summed E-state index contributed by atoms with van der Waals surface area (Å²) < 4.78 is 0. The van der Waals surface area contributed by atoms with E-state index in [1.54, 1.807) is 47.4 Å². The van der Waals surface area contributed by atoms with E-state index in [0.717, 1.165) is 0 Å². The van der Waals surface area contributed by atoms with Crippen molar-refractivity contribution in [3.05, 3.63) is 80.7 Å². The molecule has 0 aromatic heterocycles. The highest BCUT2D eigenvalue weighted by Crippen LogP contribution is 2.55. The van der Waals surface area contributed by atoms with E-state index in [-0.39, 0.29) is 29.2 Å². The van der Waals surface area contributed by atoms with E-state index < -0.39 is 11.3 Å². The van der Waals surface area contributed by atoms with Crippen LogP contribution in [-0.2, 0) is 15.0 Å². The Balaban J connectivity index is 1.89. The number of allylic oxidation sites excluding steroid dienone is 1. The number of carbonyl (C=O) groups is 2. The minimum Gasteiger partial charge on any atom is -0.384 e. The molecule has 2 heterocycles. The lowest BCUT2D eigenvalue weighted by atomic mass is 9.64. The van der Waals surface area contributed by atoms with Crippen LogP contribution in [0.15, 0.2) is 65.1 Å². The number of ketones is 1. The fourth-order valence-electron chi connectivity index (χ4n) is 4.88. The van der Waals surface area contributed by atoms with E-state index in [1.165, 1.54) is 0 Å². The highest BCUT2D eigenvalue weighted by atomic mass is 35.5. The van der Waals surface area contributed by atoms with Crippen molar-refractivity contribution in [2.45, 2.75) is 24.7 Å². The zero-order valence-corrected chi connectivity index (χ0v) is 17.7. The molecule has 1 atom stereocenters. The first-order valence-electron chi connectivity index (χ1n) is 9.74. The van der Waals surface area contributed by atoms with Gasteiger partial charge in [-0.3, -0.25) is 14.5 Å². The minimum absolute atomic E-state index is 0.00923. The standard InChI is InChI=1S/C23H16Cl2N4O2/c24-12-8-9-17(15(25)10-12)29-18-6-3-7-19(30)20(18)23(14(11-26)21(29)27)13-4-1-2-5-16(13)28-22(23)31/h1-2,4-5,8-10H,3,6-7,27H2,(H,28,31)/t23-/m0/s1. The van der Waals surface area contributed by atoms with Crippen LogP contribution >= 0.6 is 23.2 Å². The zero-order chi connectivity index (χ0) is 21.9. The van der Waals surface area contributed by atoms with E-state index >= 15 is 0 Å². The Morgan fingerprint density at radius 1 is 1.13 bits per heavy atom. The van der Waals surface area contributed by atoms with Crippen LogP contribution in [0.3, 0.4) is 0 Å². The van der Waals surface area contributed by atoms with Crippen molar-refractivity contribution >= 4 is 46.3 Å². The lowest BCUT2D eigenvalue weighted by Gasteiger charge is -2.43. The number of fused-ring (bicyclic) bond motifs is 3. The van der Waals surface area contributed by atoms with Gasteiger partial charge in [0.1, 0.15) is 17.3 Å². The first kappa shape index (κ1) is 19.7. The van der Waals surface area contributed by atoms with Gasteiger partial charge in [0.05, 0.1) is 16.3 Å². The Hall–Kier alpha value is -3.27. The molecule has 1 aliphatic carbocycles. The minimum atomic E-state index is -1.57. The number of nitrogens with two attached hydrogens (primary N) is 1. The van der Waals surface area contributed by atoms with Gasteiger partial charge < -0.3 is 11.1 Å². The molecule has 3 aliphatic rings. The SMILES string of the molecule is N#CC1=C(N)N(c2ccc(Cl)cc2Cl)C2=C(C(=O)CCC2)[C@@]12C(=O)Nc1ccccc12. The lowest BCUT2D eigenvalue weighted by molar-refractivity contribution is -0.122. The Morgan fingerprint density at radius 3 is 2.65 bits per heavy atom. The van der Waals surface area contributed by atoms with Crippen molar-refractivity contribution < 1.29 is 9.59 Å².